The smallest absolute Gasteiger partial charge is 0.244 e. The van der Waals surface area contributed by atoms with Crippen LogP contribution in [0.25, 0.3) is 22.2 Å². The van der Waals surface area contributed by atoms with E-state index in [0.29, 0.717) is 42.1 Å². The normalized spacial score (nSPS) is 15.6. The van der Waals surface area contributed by atoms with Crippen LogP contribution < -0.4 is 0 Å². The molecule has 0 radical (unpaired) electrons. The van der Waals surface area contributed by atoms with Crippen LogP contribution in [0.4, 0.5) is 0 Å². The van der Waals surface area contributed by atoms with Gasteiger partial charge < -0.3 is 13.8 Å². The van der Waals surface area contributed by atoms with E-state index in [4.69, 9.17) is 8.94 Å². The molecule has 1 amide bonds. The zero-order chi connectivity index (χ0) is 22.8. The van der Waals surface area contributed by atoms with Crippen LogP contribution in [-0.4, -0.2) is 57.0 Å². The van der Waals surface area contributed by atoms with Crippen molar-refractivity contribution < 1.29 is 13.7 Å². The minimum Gasteiger partial charge on any atom is -0.440 e. The van der Waals surface area contributed by atoms with Crippen molar-refractivity contribution in [2.45, 2.75) is 26.3 Å². The standard InChI is InChI=1S/C24H25N5O3S/c1-16(23-26-22(27-32-23)18-7-4-3-5-8-18)28-10-12-29(13-11-28)21(30)15-19-17(2)31-24(25-19)20-9-6-14-33-20/h3-9,14,16H,10-13,15H2,1-2H3/t16-/m0/s1. The number of aromatic nitrogens is 3. The Morgan fingerprint density at radius 2 is 1.88 bits per heavy atom. The molecule has 8 nitrogen and oxygen atoms in total. The molecular formula is C24H25N5O3S. The van der Waals surface area contributed by atoms with Gasteiger partial charge in [0.15, 0.2) is 0 Å². The van der Waals surface area contributed by atoms with Crippen LogP contribution in [-0.2, 0) is 11.2 Å². The summed E-state index contributed by atoms with van der Waals surface area (Å²) in [5.74, 6) is 2.53. The Bertz CT molecular complexity index is 1210. The Hall–Kier alpha value is -3.30. The van der Waals surface area contributed by atoms with E-state index in [1.165, 1.54) is 0 Å². The first kappa shape index (κ1) is 21.5. The molecule has 1 aromatic carbocycles. The first-order valence-corrected chi connectivity index (χ1v) is 11.9. The molecule has 4 aromatic rings. The predicted molar refractivity (Wildman–Crippen MR) is 125 cm³/mol. The number of thiophene rings is 1. The molecule has 0 saturated carbocycles. The molecular weight excluding hydrogens is 438 g/mol. The monoisotopic (exact) mass is 463 g/mol. The number of nitrogens with zero attached hydrogens (tertiary/aromatic N) is 5. The molecule has 170 valence electrons. The summed E-state index contributed by atoms with van der Waals surface area (Å²) >= 11 is 1.57. The Morgan fingerprint density at radius 1 is 1.09 bits per heavy atom. The number of hydrogen-bond acceptors (Lipinski definition) is 8. The van der Waals surface area contributed by atoms with E-state index in [-0.39, 0.29) is 18.4 Å². The second-order valence-corrected chi connectivity index (χ2v) is 9.04. The maximum atomic E-state index is 12.9. The van der Waals surface area contributed by atoms with Gasteiger partial charge in [-0.2, -0.15) is 4.98 Å². The molecule has 0 aliphatic carbocycles. The molecule has 9 heteroatoms. The van der Waals surface area contributed by atoms with E-state index in [1.54, 1.807) is 11.3 Å². The fourth-order valence-corrected chi connectivity index (χ4v) is 4.63. The van der Waals surface area contributed by atoms with Gasteiger partial charge >= 0.3 is 0 Å². The first-order chi connectivity index (χ1) is 16.1. The number of benzene rings is 1. The van der Waals surface area contributed by atoms with Crippen molar-refractivity contribution in [3.8, 4) is 22.2 Å². The topological polar surface area (TPSA) is 88.5 Å². The largest absolute Gasteiger partial charge is 0.440 e. The summed E-state index contributed by atoms with van der Waals surface area (Å²) in [5, 5.41) is 6.11. The van der Waals surface area contributed by atoms with Crippen LogP contribution in [0.15, 0.2) is 56.8 Å². The van der Waals surface area contributed by atoms with Crippen molar-refractivity contribution in [2.24, 2.45) is 0 Å². The molecule has 1 saturated heterocycles. The van der Waals surface area contributed by atoms with Gasteiger partial charge in [0, 0.05) is 31.7 Å². The van der Waals surface area contributed by atoms with Crippen molar-refractivity contribution in [1.29, 1.82) is 0 Å². The highest BCUT2D eigenvalue weighted by molar-refractivity contribution is 7.13. The van der Waals surface area contributed by atoms with Crippen molar-refractivity contribution in [2.75, 3.05) is 26.2 Å². The van der Waals surface area contributed by atoms with Crippen molar-refractivity contribution in [3.63, 3.8) is 0 Å². The highest BCUT2D eigenvalue weighted by Gasteiger charge is 2.28. The minimum atomic E-state index is -0.0154. The number of oxazole rings is 1. The highest BCUT2D eigenvalue weighted by atomic mass is 32.1. The third-order valence-corrected chi connectivity index (χ3v) is 6.85. The summed E-state index contributed by atoms with van der Waals surface area (Å²) < 4.78 is 11.3. The molecule has 0 spiro atoms. The van der Waals surface area contributed by atoms with Crippen LogP contribution in [0.3, 0.4) is 0 Å². The van der Waals surface area contributed by atoms with Gasteiger partial charge in [0.2, 0.25) is 23.5 Å². The number of carbonyl (C=O) groups is 1. The van der Waals surface area contributed by atoms with Crippen molar-refractivity contribution in [3.05, 3.63) is 65.2 Å². The van der Waals surface area contributed by atoms with Gasteiger partial charge in [-0.05, 0) is 25.3 Å². The lowest BCUT2D eigenvalue weighted by Gasteiger charge is -2.36. The van der Waals surface area contributed by atoms with E-state index in [1.807, 2.05) is 59.7 Å². The maximum absolute atomic E-state index is 12.9. The number of rotatable bonds is 6. The number of carbonyl (C=O) groups excluding carboxylic acids is 1. The van der Waals surface area contributed by atoms with Gasteiger partial charge in [-0.15, -0.1) is 11.3 Å². The molecule has 1 aliphatic heterocycles. The predicted octanol–water partition coefficient (Wildman–Crippen LogP) is 4.21. The second kappa shape index (κ2) is 9.29. The van der Waals surface area contributed by atoms with E-state index < -0.39 is 0 Å². The Labute approximate surface area is 195 Å². The Kier molecular flexibility index (Phi) is 6.06. The number of piperazine rings is 1. The van der Waals surface area contributed by atoms with Crippen molar-refractivity contribution >= 4 is 17.2 Å². The van der Waals surface area contributed by atoms with Gasteiger partial charge in [0.05, 0.1) is 23.0 Å². The lowest BCUT2D eigenvalue weighted by Crippen LogP contribution is -2.49. The molecule has 1 aliphatic rings. The summed E-state index contributed by atoms with van der Waals surface area (Å²) in [6.07, 6.45) is 0.250. The van der Waals surface area contributed by atoms with Crippen LogP contribution >= 0.6 is 11.3 Å². The van der Waals surface area contributed by atoms with Crippen LogP contribution in [0.5, 0.6) is 0 Å². The fraction of sp³-hybridized carbons (Fsp3) is 0.333. The summed E-state index contributed by atoms with van der Waals surface area (Å²) in [7, 11) is 0. The molecule has 0 unspecified atom stereocenters. The average molecular weight is 464 g/mol. The van der Waals surface area contributed by atoms with Gasteiger partial charge in [0.25, 0.3) is 0 Å². The molecule has 3 aromatic heterocycles. The van der Waals surface area contributed by atoms with E-state index in [0.717, 1.165) is 23.5 Å². The minimum absolute atomic E-state index is 0.0154. The molecule has 33 heavy (non-hydrogen) atoms. The lowest BCUT2D eigenvalue weighted by molar-refractivity contribution is -0.132. The van der Waals surface area contributed by atoms with Crippen LogP contribution in [0, 0.1) is 6.92 Å². The third kappa shape index (κ3) is 4.60. The Balaban J connectivity index is 1.17. The molecule has 1 atom stereocenters. The van der Waals surface area contributed by atoms with Gasteiger partial charge in [-0.3, -0.25) is 9.69 Å². The third-order valence-electron chi connectivity index (χ3n) is 5.99. The molecule has 4 heterocycles. The number of amides is 1. The van der Waals surface area contributed by atoms with Gasteiger partial charge in [-0.1, -0.05) is 41.6 Å². The molecule has 0 bridgehead atoms. The summed E-state index contributed by atoms with van der Waals surface area (Å²) in [4.78, 5) is 27.2. The summed E-state index contributed by atoms with van der Waals surface area (Å²) in [6.45, 7) is 6.71. The van der Waals surface area contributed by atoms with E-state index in [2.05, 4.69) is 26.9 Å². The second-order valence-electron chi connectivity index (χ2n) is 8.09. The number of aryl methyl sites for hydroxylation is 1. The fourth-order valence-electron chi connectivity index (χ4n) is 3.98. The van der Waals surface area contributed by atoms with Crippen molar-refractivity contribution in [1.82, 2.24) is 24.9 Å². The van der Waals surface area contributed by atoms with E-state index in [9.17, 15) is 4.79 Å². The van der Waals surface area contributed by atoms with Crippen LogP contribution in [0.1, 0.15) is 30.3 Å². The quantitative estimate of drug-likeness (QED) is 0.423. The Morgan fingerprint density at radius 3 is 2.61 bits per heavy atom. The SMILES string of the molecule is Cc1oc(-c2cccs2)nc1CC(=O)N1CCN([C@@H](C)c2nc(-c3ccccc3)no2)CC1. The van der Waals surface area contributed by atoms with E-state index >= 15 is 0 Å². The lowest BCUT2D eigenvalue weighted by atomic mass is 10.2. The summed E-state index contributed by atoms with van der Waals surface area (Å²) in [6, 6.07) is 13.7. The van der Waals surface area contributed by atoms with Crippen LogP contribution in [0.2, 0.25) is 0 Å². The molecule has 5 rings (SSSR count). The zero-order valence-electron chi connectivity index (χ0n) is 18.6. The molecule has 1 fully saturated rings. The molecule has 0 N–H and O–H groups in total. The first-order valence-electron chi connectivity index (χ1n) is 11.0. The maximum Gasteiger partial charge on any atom is 0.244 e. The highest BCUT2D eigenvalue weighted by Crippen LogP contribution is 2.27. The van der Waals surface area contributed by atoms with Gasteiger partial charge in [-0.25, -0.2) is 4.98 Å². The number of hydrogen-bond donors (Lipinski definition) is 0. The summed E-state index contributed by atoms with van der Waals surface area (Å²) in [5.41, 5.74) is 1.64. The zero-order valence-corrected chi connectivity index (χ0v) is 19.4. The van der Waals surface area contributed by atoms with Gasteiger partial charge in [0.1, 0.15) is 5.76 Å². The average Bonchev–Trinajstić information content (AvgIpc) is 3.61.